The van der Waals surface area contributed by atoms with E-state index in [-0.39, 0.29) is 5.91 Å². The van der Waals surface area contributed by atoms with Crippen molar-refractivity contribution in [2.75, 3.05) is 6.54 Å². The fourth-order valence-electron chi connectivity index (χ4n) is 0.974. The van der Waals surface area contributed by atoms with Crippen LogP contribution >= 0.6 is 27.3 Å². The predicted molar refractivity (Wildman–Crippen MR) is 63.7 cm³/mol. The standard InChI is InChI=1S/C10H12BrNOS/c1-8(11)7-12-10(13)5-4-9-3-2-6-14-9/h2-3,6H,1,4-5,7H2,(H,12,13). The van der Waals surface area contributed by atoms with Gasteiger partial charge in [0.1, 0.15) is 0 Å². The van der Waals surface area contributed by atoms with Crippen LogP contribution in [-0.4, -0.2) is 12.5 Å². The number of halogens is 1. The zero-order chi connectivity index (χ0) is 10.4. The molecule has 0 bridgehead atoms. The van der Waals surface area contributed by atoms with E-state index in [4.69, 9.17) is 0 Å². The van der Waals surface area contributed by atoms with Gasteiger partial charge in [-0.15, -0.1) is 11.3 Å². The van der Waals surface area contributed by atoms with Crippen LogP contribution in [0, 0.1) is 0 Å². The molecule has 0 radical (unpaired) electrons. The topological polar surface area (TPSA) is 29.1 Å². The van der Waals surface area contributed by atoms with Gasteiger partial charge in [0.25, 0.3) is 0 Å². The van der Waals surface area contributed by atoms with Gasteiger partial charge in [-0.05, 0) is 17.9 Å². The van der Waals surface area contributed by atoms with Crippen LogP contribution in [0.5, 0.6) is 0 Å². The monoisotopic (exact) mass is 273 g/mol. The maximum absolute atomic E-state index is 11.3. The minimum absolute atomic E-state index is 0.0685. The van der Waals surface area contributed by atoms with E-state index in [0.717, 1.165) is 10.9 Å². The fourth-order valence-corrected chi connectivity index (χ4v) is 1.82. The van der Waals surface area contributed by atoms with Crippen molar-refractivity contribution in [2.45, 2.75) is 12.8 Å². The first kappa shape index (κ1) is 11.5. The summed E-state index contributed by atoms with van der Waals surface area (Å²) < 4.78 is 0.793. The summed E-state index contributed by atoms with van der Waals surface area (Å²) in [6.07, 6.45) is 1.36. The molecule has 0 fully saturated rings. The van der Waals surface area contributed by atoms with Crippen molar-refractivity contribution in [2.24, 2.45) is 0 Å². The van der Waals surface area contributed by atoms with Crippen LogP contribution in [0.15, 0.2) is 28.6 Å². The average molecular weight is 274 g/mol. The molecule has 0 aromatic carbocycles. The van der Waals surface area contributed by atoms with E-state index in [0.29, 0.717) is 13.0 Å². The van der Waals surface area contributed by atoms with Crippen LogP contribution in [0.25, 0.3) is 0 Å². The maximum atomic E-state index is 11.3. The summed E-state index contributed by atoms with van der Waals surface area (Å²) in [4.78, 5) is 12.5. The molecule has 14 heavy (non-hydrogen) atoms. The fraction of sp³-hybridized carbons (Fsp3) is 0.300. The zero-order valence-corrected chi connectivity index (χ0v) is 10.2. The van der Waals surface area contributed by atoms with Gasteiger partial charge in [-0.2, -0.15) is 0 Å². The number of hydrogen-bond acceptors (Lipinski definition) is 2. The lowest BCUT2D eigenvalue weighted by Gasteiger charge is -2.02. The van der Waals surface area contributed by atoms with Gasteiger partial charge in [0.2, 0.25) is 5.91 Å². The average Bonchev–Trinajstić information content (AvgIpc) is 2.63. The highest BCUT2D eigenvalue weighted by molar-refractivity contribution is 9.11. The van der Waals surface area contributed by atoms with E-state index < -0.39 is 0 Å². The number of rotatable bonds is 5. The molecule has 1 heterocycles. The molecule has 0 spiro atoms. The van der Waals surface area contributed by atoms with Crippen molar-refractivity contribution >= 4 is 33.2 Å². The molecule has 76 valence electrons. The SMILES string of the molecule is C=C(Br)CNC(=O)CCc1cccs1. The molecule has 1 rings (SSSR count). The Kier molecular flexibility index (Phi) is 4.90. The zero-order valence-electron chi connectivity index (χ0n) is 7.75. The quantitative estimate of drug-likeness (QED) is 0.878. The van der Waals surface area contributed by atoms with E-state index >= 15 is 0 Å². The lowest BCUT2D eigenvalue weighted by Crippen LogP contribution is -2.24. The van der Waals surface area contributed by atoms with E-state index in [2.05, 4.69) is 27.8 Å². The molecular weight excluding hydrogens is 262 g/mol. The maximum Gasteiger partial charge on any atom is 0.220 e. The first-order valence-corrected chi connectivity index (χ1v) is 5.98. The molecule has 0 aliphatic rings. The molecule has 4 heteroatoms. The second-order valence-electron chi connectivity index (χ2n) is 2.87. The van der Waals surface area contributed by atoms with E-state index in [9.17, 15) is 4.79 Å². The van der Waals surface area contributed by atoms with Gasteiger partial charge >= 0.3 is 0 Å². The minimum atomic E-state index is 0.0685. The number of hydrogen-bond donors (Lipinski definition) is 1. The molecule has 0 aliphatic heterocycles. The number of amides is 1. The normalized spacial score (nSPS) is 9.79. The van der Waals surface area contributed by atoms with Crippen LogP contribution in [0.4, 0.5) is 0 Å². The third-order valence-electron chi connectivity index (χ3n) is 1.66. The van der Waals surface area contributed by atoms with Crippen LogP contribution in [0.2, 0.25) is 0 Å². The third-order valence-corrected chi connectivity index (χ3v) is 2.87. The van der Waals surface area contributed by atoms with Crippen molar-refractivity contribution in [3.8, 4) is 0 Å². The van der Waals surface area contributed by atoms with Crippen LogP contribution in [-0.2, 0) is 11.2 Å². The summed E-state index contributed by atoms with van der Waals surface area (Å²) in [6, 6.07) is 4.04. The molecule has 0 atom stereocenters. The number of nitrogens with one attached hydrogen (secondary N) is 1. The number of aryl methyl sites for hydroxylation is 1. The summed E-state index contributed by atoms with van der Waals surface area (Å²) in [5, 5.41) is 4.79. The first-order valence-electron chi connectivity index (χ1n) is 4.31. The summed E-state index contributed by atoms with van der Waals surface area (Å²) in [5.41, 5.74) is 0. The van der Waals surface area contributed by atoms with E-state index in [1.165, 1.54) is 4.88 Å². The lowest BCUT2D eigenvalue weighted by molar-refractivity contribution is -0.120. The second kappa shape index (κ2) is 5.98. The molecular formula is C10H12BrNOS. The Hall–Kier alpha value is -0.610. The largest absolute Gasteiger partial charge is 0.352 e. The van der Waals surface area contributed by atoms with Crippen LogP contribution in [0.3, 0.4) is 0 Å². The molecule has 0 saturated heterocycles. The molecule has 0 aliphatic carbocycles. The van der Waals surface area contributed by atoms with Gasteiger partial charge in [0.15, 0.2) is 0 Å². The van der Waals surface area contributed by atoms with Gasteiger partial charge in [-0.25, -0.2) is 0 Å². The Balaban J connectivity index is 2.18. The molecule has 1 amide bonds. The number of carbonyl (C=O) groups excluding carboxylic acids is 1. The molecule has 2 nitrogen and oxygen atoms in total. The summed E-state index contributed by atoms with van der Waals surface area (Å²) in [5.74, 6) is 0.0685. The summed E-state index contributed by atoms with van der Waals surface area (Å²) in [7, 11) is 0. The van der Waals surface area contributed by atoms with Crippen LogP contribution < -0.4 is 5.32 Å². The second-order valence-corrected chi connectivity index (χ2v) is 5.03. The Bertz CT molecular complexity index is 308. The number of thiophene rings is 1. The van der Waals surface area contributed by atoms with Gasteiger partial charge in [-0.1, -0.05) is 28.6 Å². The Morgan fingerprint density at radius 2 is 2.43 bits per heavy atom. The van der Waals surface area contributed by atoms with Crippen molar-refractivity contribution in [1.82, 2.24) is 5.32 Å². The van der Waals surface area contributed by atoms with Gasteiger partial charge in [-0.3, -0.25) is 4.79 Å². The Labute approximate surface area is 96.2 Å². The van der Waals surface area contributed by atoms with Gasteiger partial charge in [0, 0.05) is 22.3 Å². The number of carbonyl (C=O) groups is 1. The lowest BCUT2D eigenvalue weighted by atomic mass is 10.2. The summed E-state index contributed by atoms with van der Waals surface area (Å²) >= 11 is 4.87. The highest BCUT2D eigenvalue weighted by Gasteiger charge is 2.02. The third kappa shape index (κ3) is 4.58. The smallest absolute Gasteiger partial charge is 0.220 e. The predicted octanol–water partition coefficient (Wildman–Crippen LogP) is 2.71. The minimum Gasteiger partial charge on any atom is -0.352 e. The van der Waals surface area contributed by atoms with Crippen molar-refractivity contribution in [1.29, 1.82) is 0 Å². The Morgan fingerprint density at radius 1 is 1.64 bits per heavy atom. The van der Waals surface area contributed by atoms with Crippen molar-refractivity contribution < 1.29 is 4.79 Å². The Morgan fingerprint density at radius 3 is 3.00 bits per heavy atom. The molecule has 0 unspecified atom stereocenters. The molecule has 0 saturated carbocycles. The molecule has 1 aromatic rings. The van der Waals surface area contributed by atoms with E-state index in [1.54, 1.807) is 11.3 Å². The highest BCUT2D eigenvalue weighted by atomic mass is 79.9. The van der Waals surface area contributed by atoms with Gasteiger partial charge in [0.05, 0.1) is 0 Å². The van der Waals surface area contributed by atoms with Crippen molar-refractivity contribution in [3.63, 3.8) is 0 Å². The van der Waals surface area contributed by atoms with E-state index in [1.807, 2.05) is 17.5 Å². The van der Waals surface area contributed by atoms with Crippen LogP contribution in [0.1, 0.15) is 11.3 Å². The van der Waals surface area contributed by atoms with Crippen molar-refractivity contribution in [3.05, 3.63) is 33.5 Å². The highest BCUT2D eigenvalue weighted by Crippen LogP contribution is 2.10. The summed E-state index contributed by atoms with van der Waals surface area (Å²) in [6.45, 7) is 4.14. The first-order chi connectivity index (χ1) is 6.68. The molecule has 1 aromatic heterocycles. The van der Waals surface area contributed by atoms with Gasteiger partial charge < -0.3 is 5.32 Å². The molecule has 1 N–H and O–H groups in total.